The summed E-state index contributed by atoms with van der Waals surface area (Å²) in [6, 6.07) is 0.716. The molecule has 1 saturated heterocycles. The fourth-order valence-corrected chi connectivity index (χ4v) is 2.10. The molecule has 0 aromatic heterocycles. The molecule has 1 aliphatic heterocycles. The molecule has 94 valence electrons. The molecule has 3 nitrogen and oxygen atoms in total. The normalized spacial score (nSPS) is 22.9. The number of nitrogens with zero attached hydrogens (tertiary/aromatic N) is 2. The highest BCUT2D eigenvalue weighted by Crippen LogP contribution is 2.22. The van der Waals surface area contributed by atoms with E-state index in [9.17, 15) is 0 Å². The first-order valence-electron chi connectivity index (χ1n) is 6.01. The Hall–Kier alpha value is -0.190. The van der Waals surface area contributed by atoms with Crippen LogP contribution in [0.1, 0.15) is 26.7 Å². The summed E-state index contributed by atoms with van der Waals surface area (Å²) in [6.07, 6.45) is 2.34. The minimum Gasteiger partial charge on any atom is -0.393 e. The van der Waals surface area contributed by atoms with Gasteiger partial charge >= 0.3 is 0 Å². The summed E-state index contributed by atoms with van der Waals surface area (Å²) in [5.74, 6) is 0. The van der Waals surface area contributed by atoms with Gasteiger partial charge in [0.15, 0.2) is 0 Å². The lowest BCUT2D eigenvalue weighted by Crippen LogP contribution is -2.36. The van der Waals surface area contributed by atoms with E-state index in [-0.39, 0.29) is 5.41 Å². The highest BCUT2D eigenvalue weighted by Gasteiger charge is 2.27. The van der Waals surface area contributed by atoms with Gasteiger partial charge in [0, 0.05) is 18.0 Å². The molecule has 0 aromatic carbocycles. The van der Waals surface area contributed by atoms with E-state index in [0.717, 1.165) is 13.0 Å². The molecule has 0 aliphatic carbocycles. The van der Waals surface area contributed by atoms with Gasteiger partial charge in [-0.05, 0) is 40.0 Å². The standard InChI is InChI=1S/C12H25N3S/c1-12(2,11(13)16)6-8-15-7-5-10(9-15)14(3)4/h10H,5-9H2,1-4H3,(H2,13,16). The number of nitrogens with two attached hydrogens (primary N) is 1. The molecule has 2 N–H and O–H groups in total. The molecule has 0 saturated carbocycles. The summed E-state index contributed by atoms with van der Waals surface area (Å²) in [6.45, 7) is 7.76. The zero-order chi connectivity index (χ0) is 12.3. The third-order valence-corrected chi connectivity index (χ3v) is 4.25. The van der Waals surface area contributed by atoms with Gasteiger partial charge in [-0.2, -0.15) is 0 Å². The largest absolute Gasteiger partial charge is 0.393 e. The van der Waals surface area contributed by atoms with Crippen LogP contribution in [0.25, 0.3) is 0 Å². The second-order valence-corrected chi connectivity index (χ2v) is 6.14. The molecule has 1 fully saturated rings. The summed E-state index contributed by atoms with van der Waals surface area (Å²) in [5, 5.41) is 0. The zero-order valence-electron chi connectivity index (χ0n) is 11.0. The van der Waals surface area contributed by atoms with Gasteiger partial charge in [0.2, 0.25) is 0 Å². The van der Waals surface area contributed by atoms with E-state index in [1.807, 2.05) is 0 Å². The number of likely N-dealkylation sites (tertiary alicyclic amines) is 1. The average molecular weight is 243 g/mol. The number of thiocarbonyl (C=S) groups is 1. The van der Waals surface area contributed by atoms with Crippen LogP contribution < -0.4 is 5.73 Å². The van der Waals surface area contributed by atoms with E-state index in [1.54, 1.807) is 0 Å². The van der Waals surface area contributed by atoms with Gasteiger partial charge in [-0.1, -0.05) is 26.1 Å². The van der Waals surface area contributed by atoms with E-state index >= 15 is 0 Å². The van der Waals surface area contributed by atoms with Crippen molar-refractivity contribution in [1.82, 2.24) is 9.80 Å². The summed E-state index contributed by atoms with van der Waals surface area (Å²) in [5.41, 5.74) is 5.73. The maximum atomic E-state index is 5.74. The van der Waals surface area contributed by atoms with Gasteiger partial charge < -0.3 is 15.5 Å². The Balaban J connectivity index is 2.33. The van der Waals surface area contributed by atoms with Gasteiger partial charge in [0.05, 0.1) is 4.99 Å². The van der Waals surface area contributed by atoms with Crippen molar-refractivity contribution in [2.75, 3.05) is 33.7 Å². The molecular weight excluding hydrogens is 218 g/mol. The Morgan fingerprint density at radius 2 is 2.12 bits per heavy atom. The van der Waals surface area contributed by atoms with Crippen LogP contribution in [-0.2, 0) is 0 Å². The molecule has 1 atom stereocenters. The van der Waals surface area contributed by atoms with E-state index < -0.39 is 0 Å². The minimum atomic E-state index is -0.00840. The predicted octanol–water partition coefficient (Wildman–Crippen LogP) is 1.32. The first-order valence-corrected chi connectivity index (χ1v) is 6.42. The van der Waals surface area contributed by atoms with Crippen LogP contribution in [0, 0.1) is 5.41 Å². The number of hydrogen-bond donors (Lipinski definition) is 1. The molecule has 1 rings (SSSR count). The highest BCUT2D eigenvalue weighted by molar-refractivity contribution is 7.80. The van der Waals surface area contributed by atoms with Gasteiger partial charge in [0.25, 0.3) is 0 Å². The van der Waals surface area contributed by atoms with Gasteiger partial charge in [0.1, 0.15) is 0 Å². The van der Waals surface area contributed by atoms with Gasteiger partial charge in [-0.3, -0.25) is 0 Å². The number of hydrogen-bond acceptors (Lipinski definition) is 3. The SMILES string of the molecule is CN(C)C1CCN(CCC(C)(C)C(N)=S)C1. The molecular formula is C12H25N3S. The predicted molar refractivity (Wildman–Crippen MR) is 73.7 cm³/mol. The maximum absolute atomic E-state index is 5.74. The Morgan fingerprint density at radius 1 is 1.50 bits per heavy atom. The molecule has 1 unspecified atom stereocenters. The van der Waals surface area contributed by atoms with Crippen molar-refractivity contribution in [3.05, 3.63) is 0 Å². The molecule has 0 aromatic rings. The zero-order valence-corrected chi connectivity index (χ0v) is 11.8. The van der Waals surface area contributed by atoms with Crippen molar-refractivity contribution in [2.24, 2.45) is 11.1 Å². The second kappa shape index (κ2) is 5.43. The Kier molecular flexibility index (Phi) is 4.71. The Morgan fingerprint density at radius 3 is 2.56 bits per heavy atom. The molecule has 0 radical (unpaired) electrons. The van der Waals surface area contributed by atoms with Crippen molar-refractivity contribution in [3.63, 3.8) is 0 Å². The van der Waals surface area contributed by atoms with Crippen molar-refractivity contribution in [3.8, 4) is 0 Å². The molecule has 1 heterocycles. The third-order valence-electron chi connectivity index (χ3n) is 3.70. The van der Waals surface area contributed by atoms with Crippen LogP contribution in [-0.4, -0.2) is 54.6 Å². The third kappa shape index (κ3) is 3.68. The summed E-state index contributed by atoms with van der Waals surface area (Å²) in [7, 11) is 4.32. The first kappa shape index (κ1) is 13.9. The molecule has 0 amide bonds. The smallest absolute Gasteiger partial charge is 0.0784 e. The second-order valence-electron chi connectivity index (χ2n) is 5.70. The minimum absolute atomic E-state index is 0.00840. The first-order chi connectivity index (χ1) is 7.33. The van der Waals surface area contributed by atoms with Crippen LogP contribution in [0.5, 0.6) is 0 Å². The molecule has 4 heteroatoms. The number of likely N-dealkylation sites (N-methyl/N-ethyl adjacent to an activating group) is 1. The van der Waals surface area contributed by atoms with Crippen molar-refractivity contribution in [1.29, 1.82) is 0 Å². The van der Waals surface area contributed by atoms with Gasteiger partial charge in [-0.25, -0.2) is 0 Å². The maximum Gasteiger partial charge on any atom is 0.0784 e. The fourth-order valence-electron chi connectivity index (χ4n) is 2.00. The Bertz CT molecular complexity index is 251. The van der Waals surface area contributed by atoms with E-state index in [0.29, 0.717) is 11.0 Å². The topological polar surface area (TPSA) is 32.5 Å². The Labute approximate surface area is 105 Å². The average Bonchev–Trinajstić information content (AvgIpc) is 2.63. The van der Waals surface area contributed by atoms with Gasteiger partial charge in [-0.15, -0.1) is 0 Å². The van der Waals surface area contributed by atoms with Crippen LogP contribution in [0.4, 0.5) is 0 Å². The van der Waals surface area contributed by atoms with E-state index in [2.05, 4.69) is 37.7 Å². The van der Waals surface area contributed by atoms with E-state index in [4.69, 9.17) is 18.0 Å². The van der Waals surface area contributed by atoms with Crippen LogP contribution >= 0.6 is 12.2 Å². The van der Waals surface area contributed by atoms with Crippen molar-refractivity contribution >= 4 is 17.2 Å². The van der Waals surface area contributed by atoms with Crippen LogP contribution in [0.2, 0.25) is 0 Å². The lowest BCUT2D eigenvalue weighted by atomic mass is 9.89. The fraction of sp³-hybridized carbons (Fsp3) is 0.917. The highest BCUT2D eigenvalue weighted by atomic mass is 32.1. The summed E-state index contributed by atoms with van der Waals surface area (Å²) >= 11 is 5.09. The molecule has 1 aliphatic rings. The van der Waals surface area contributed by atoms with Crippen molar-refractivity contribution < 1.29 is 0 Å². The quantitative estimate of drug-likeness (QED) is 0.738. The molecule has 0 spiro atoms. The lowest BCUT2D eigenvalue weighted by molar-refractivity contribution is 0.253. The monoisotopic (exact) mass is 243 g/mol. The van der Waals surface area contributed by atoms with E-state index in [1.165, 1.54) is 19.5 Å². The molecule has 16 heavy (non-hydrogen) atoms. The summed E-state index contributed by atoms with van der Waals surface area (Å²) in [4.78, 5) is 5.47. The van der Waals surface area contributed by atoms with Crippen LogP contribution in [0.15, 0.2) is 0 Å². The molecule has 0 bridgehead atoms. The summed E-state index contributed by atoms with van der Waals surface area (Å²) < 4.78 is 0. The van der Waals surface area contributed by atoms with Crippen LogP contribution in [0.3, 0.4) is 0 Å². The lowest BCUT2D eigenvalue weighted by Gasteiger charge is -2.26. The number of rotatable bonds is 5. The van der Waals surface area contributed by atoms with Crippen molar-refractivity contribution in [2.45, 2.75) is 32.7 Å².